The van der Waals surface area contributed by atoms with E-state index in [9.17, 15) is 27.6 Å². The van der Waals surface area contributed by atoms with Gasteiger partial charge in [0.15, 0.2) is 5.82 Å². The van der Waals surface area contributed by atoms with Gasteiger partial charge in [-0.1, -0.05) is 78.9 Å². The number of rotatable bonds is 12. The molecule has 1 saturated heterocycles. The average molecular weight is 691 g/mol. The number of carbonyl (C=O) groups is 3. The zero-order valence-corrected chi connectivity index (χ0v) is 27.9. The Kier molecular flexibility index (Phi) is 11.4. The lowest BCUT2D eigenvalue weighted by molar-refractivity contribution is -0.137. The van der Waals surface area contributed by atoms with Gasteiger partial charge in [0.25, 0.3) is 5.91 Å². The second-order valence-corrected chi connectivity index (χ2v) is 13.0. The smallest absolute Gasteiger partial charge is 0.374 e. The predicted octanol–water partition coefficient (Wildman–Crippen LogP) is 5.27. The van der Waals surface area contributed by atoms with Crippen molar-refractivity contribution in [2.24, 2.45) is 5.73 Å². The van der Waals surface area contributed by atoms with Crippen LogP contribution in [0.2, 0.25) is 0 Å². The number of hydrogen-bond acceptors (Lipinski definition) is 6. The van der Waals surface area contributed by atoms with E-state index < -0.39 is 41.2 Å². The quantitative estimate of drug-likeness (QED) is 0.186. The second kappa shape index (κ2) is 15.7. The molecule has 50 heavy (non-hydrogen) atoms. The van der Waals surface area contributed by atoms with Crippen LogP contribution in [0.1, 0.15) is 60.9 Å². The van der Waals surface area contributed by atoms with E-state index in [4.69, 9.17) is 10.5 Å². The summed E-state index contributed by atoms with van der Waals surface area (Å²) in [6.07, 6.45) is -0.411. The van der Waals surface area contributed by atoms with Crippen LogP contribution in [0.25, 0.3) is 0 Å². The van der Waals surface area contributed by atoms with Crippen LogP contribution in [-0.2, 0) is 31.9 Å². The summed E-state index contributed by atoms with van der Waals surface area (Å²) in [6, 6.07) is 22.0. The topological polar surface area (TPSA) is 132 Å². The monoisotopic (exact) mass is 690 g/mol. The highest BCUT2D eigenvalue weighted by Crippen LogP contribution is 2.35. The number of hydrogen-bond donors (Lipinski definition) is 3. The van der Waals surface area contributed by atoms with Gasteiger partial charge in [0.2, 0.25) is 11.8 Å². The van der Waals surface area contributed by atoms with Crippen LogP contribution < -0.4 is 16.4 Å². The van der Waals surface area contributed by atoms with Crippen LogP contribution in [0.15, 0.2) is 97.5 Å². The highest BCUT2D eigenvalue weighted by Gasteiger charge is 2.34. The Morgan fingerprint density at radius 2 is 1.62 bits per heavy atom. The highest BCUT2D eigenvalue weighted by atomic mass is 19.4. The number of aromatic nitrogens is 2. The minimum atomic E-state index is -4.43. The first kappa shape index (κ1) is 36.3. The number of nitrogens with zero attached hydrogens (tertiary/aromatic N) is 3. The predicted molar refractivity (Wildman–Crippen MR) is 182 cm³/mol. The molecule has 3 amide bonds. The summed E-state index contributed by atoms with van der Waals surface area (Å²) >= 11 is 0. The molecule has 0 saturated carbocycles. The van der Waals surface area contributed by atoms with E-state index in [0.717, 1.165) is 11.6 Å². The van der Waals surface area contributed by atoms with Gasteiger partial charge in [0.05, 0.1) is 30.6 Å². The SMILES string of the molecule is CC(C)(N)C(=O)NC(COCc1ccccc1)C(=O)Nc1cn(C(C(=O)N2CCC(c3cccc(C(F)(F)F)c3)CC2)c2ccccc2)cn1. The first-order chi connectivity index (χ1) is 23.8. The van der Waals surface area contributed by atoms with Gasteiger partial charge >= 0.3 is 6.18 Å². The molecule has 10 nitrogen and oxygen atoms in total. The third kappa shape index (κ3) is 9.36. The molecular formula is C37H41F3N6O4. The van der Waals surface area contributed by atoms with Crippen LogP contribution in [0.5, 0.6) is 0 Å². The van der Waals surface area contributed by atoms with Crippen molar-refractivity contribution < 1.29 is 32.3 Å². The molecule has 0 bridgehead atoms. The Labute approximate surface area is 288 Å². The summed E-state index contributed by atoms with van der Waals surface area (Å²) in [7, 11) is 0. The number of imidazole rings is 1. The molecule has 1 aliphatic heterocycles. The van der Waals surface area contributed by atoms with Gasteiger partial charge in [0.1, 0.15) is 12.1 Å². The molecule has 2 heterocycles. The third-order valence-corrected chi connectivity index (χ3v) is 8.60. The molecule has 4 aromatic rings. The number of benzene rings is 3. The van der Waals surface area contributed by atoms with Crippen molar-refractivity contribution in [3.63, 3.8) is 0 Å². The summed E-state index contributed by atoms with van der Waals surface area (Å²) in [5.41, 5.74) is 6.23. The Balaban J connectivity index is 1.29. The first-order valence-electron chi connectivity index (χ1n) is 16.4. The van der Waals surface area contributed by atoms with Crippen molar-refractivity contribution in [2.75, 3.05) is 25.0 Å². The second-order valence-electron chi connectivity index (χ2n) is 13.0. The summed E-state index contributed by atoms with van der Waals surface area (Å²) in [4.78, 5) is 46.3. The average Bonchev–Trinajstić information content (AvgIpc) is 3.55. The van der Waals surface area contributed by atoms with Crippen molar-refractivity contribution in [3.05, 3.63) is 120 Å². The third-order valence-electron chi connectivity index (χ3n) is 8.60. The molecule has 5 rings (SSSR count). The maximum Gasteiger partial charge on any atom is 0.416 e. The molecular weight excluding hydrogens is 649 g/mol. The minimum Gasteiger partial charge on any atom is -0.374 e. The maximum absolute atomic E-state index is 14.1. The Morgan fingerprint density at radius 1 is 0.960 bits per heavy atom. The van der Waals surface area contributed by atoms with E-state index in [1.807, 2.05) is 60.7 Å². The van der Waals surface area contributed by atoms with Crippen LogP contribution in [-0.4, -0.2) is 63.4 Å². The Hall–Kier alpha value is -5.01. The van der Waals surface area contributed by atoms with Gasteiger partial charge in [-0.05, 0) is 55.4 Å². The van der Waals surface area contributed by atoms with Gasteiger partial charge < -0.3 is 30.6 Å². The van der Waals surface area contributed by atoms with E-state index in [2.05, 4.69) is 15.6 Å². The molecule has 2 unspecified atom stereocenters. The van der Waals surface area contributed by atoms with Crippen molar-refractivity contribution >= 4 is 23.5 Å². The molecule has 2 atom stereocenters. The van der Waals surface area contributed by atoms with E-state index in [1.165, 1.54) is 32.3 Å². The van der Waals surface area contributed by atoms with Crippen LogP contribution in [0.4, 0.5) is 19.0 Å². The molecule has 0 radical (unpaired) electrons. The van der Waals surface area contributed by atoms with Gasteiger partial charge in [-0.15, -0.1) is 0 Å². The van der Waals surface area contributed by atoms with Gasteiger partial charge in [-0.2, -0.15) is 13.2 Å². The number of anilines is 1. The fraction of sp³-hybridized carbons (Fsp3) is 0.351. The van der Waals surface area contributed by atoms with Crippen LogP contribution in [0.3, 0.4) is 0 Å². The van der Waals surface area contributed by atoms with Crippen LogP contribution in [0, 0.1) is 0 Å². The molecule has 1 aromatic heterocycles. The lowest BCUT2D eigenvalue weighted by atomic mass is 9.88. The van der Waals surface area contributed by atoms with Gasteiger partial charge in [-0.25, -0.2) is 4.98 Å². The number of nitrogens with two attached hydrogens (primary N) is 1. The number of amides is 3. The molecule has 0 aliphatic carbocycles. The normalized spacial score (nSPS) is 15.3. The van der Waals surface area contributed by atoms with E-state index in [0.29, 0.717) is 37.1 Å². The number of alkyl halides is 3. The van der Waals surface area contributed by atoms with Crippen LogP contribution >= 0.6 is 0 Å². The molecule has 4 N–H and O–H groups in total. The fourth-order valence-electron chi connectivity index (χ4n) is 5.80. The Bertz CT molecular complexity index is 1750. The number of carbonyl (C=O) groups excluding carboxylic acids is 3. The number of halogens is 3. The lowest BCUT2D eigenvalue weighted by Gasteiger charge is -2.35. The standard InChI is InChI=1S/C37H41F3N6O4/c1-36(2,41)35(49)43-30(23-50-22-25-10-5-3-6-11-25)33(47)44-31-21-46(24-42-31)32(27-12-7-4-8-13-27)34(48)45-18-16-26(17-19-45)28-14-9-15-29(20-28)37(38,39)40/h3-15,20-21,24,26,30,32H,16-19,22-23,41H2,1-2H3,(H,43,49)(H,44,47). The summed E-state index contributed by atoms with van der Waals surface area (Å²) in [5, 5.41) is 5.37. The molecule has 1 fully saturated rings. The van der Waals surface area contributed by atoms with Crippen molar-refractivity contribution in [1.82, 2.24) is 19.8 Å². The summed E-state index contributed by atoms with van der Waals surface area (Å²) in [6.45, 7) is 3.87. The number of nitrogens with one attached hydrogen (secondary N) is 2. The fourth-order valence-corrected chi connectivity index (χ4v) is 5.80. The van der Waals surface area contributed by atoms with E-state index >= 15 is 0 Å². The molecule has 3 aromatic carbocycles. The zero-order chi connectivity index (χ0) is 35.9. The minimum absolute atomic E-state index is 0.110. The van der Waals surface area contributed by atoms with Crippen molar-refractivity contribution in [1.29, 1.82) is 0 Å². The number of piperidine rings is 1. The lowest BCUT2D eigenvalue weighted by Crippen LogP contribution is -2.56. The van der Waals surface area contributed by atoms with E-state index in [1.54, 1.807) is 21.7 Å². The first-order valence-corrected chi connectivity index (χ1v) is 16.4. The number of likely N-dealkylation sites (tertiary alicyclic amines) is 1. The Morgan fingerprint density at radius 3 is 2.26 bits per heavy atom. The number of ether oxygens (including phenoxy) is 1. The summed E-state index contributed by atoms with van der Waals surface area (Å²) < 4.78 is 47.3. The zero-order valence-electron chi connectivity index (χ0n) is 27.9. The van der Waals surface area contributed by atoms with Crippen molar-refractivity contribution in [3.8, 4) is 0 Å². The van der Waals surface area contributed by atoms with Gasteiger partial charge in [0, 0.05) is 19.3 Å². The van der Waals surface area contributed by atoms with E-state index in [-0.39, 0.29) is 30.9 Å². The molecule has 264 valence electrons. The van der Waals surface area contributed by atoms with Crippen molar-refractivity contribution in [2.45, 2.75) is 63.0 Å². The van der Waals surface area contributed by atoms with Gasteiger partial charge in [-0.3, -0.25) is 14.4 Å². The maximum atomic E-state index is 14.1. The highest BCUT2D eigenvalue weighted by molar-refractivity contribution is 5.98. The molecule has 0 spiro atoms. The summed E-state index contributed by atoms with van der Waals surface area (Å²) in [5.74, 6) is -1.29. The largest absolute Gasteiger partial charge is 0.416 e. The molecule has 13 heteroatoms. The molecule has 1 aliphatic rings.